The molecule has 0 aliphatic carbocycles. The number of rotatable bonds is 8. The van der Waals surface area contributed by atoms with E-state index in [2.05, 4.69) is 53.7 Å². The Bertz CT molecular complexity index is 625. The predicted octanol–water partition coefficient (Wildman–Crippen LogP) is 3.57. The molecule has 1 aromatic heterocycles. The number of hydrogen-bond donors (Lipinski definition) is 2. The minimum atomic E-state index is 0.413. The average Bonchev–Trinajstić information content (AvgIpc) is 3.01. The lowest BCUT2D eigenvalue weighted by Gasteiger charge is -2.16. The lowest BCUT2D eigenvalue weighted by Crippen LogP contribution is -2.39. The molecule has 1 heterocycles. The molecule has 1 unspecified atom stereocenters. The summed E-state index contributed by atoms with van der Waals surface area (Å²) in [5, 5.41) is 6.70. The molecule has 5 heteroatoms. The van der Waals surface area contributed by atoms with Gasteiger partial charge in [0.1, 0.15) is 0 Å². The molecule has 0 saturated carbocycles. The first kappa shape index (κ1) is 18.5. The second-order valence-electron chi connectivity index (χ2n) is 5.92. The number of aliphatic imine (C=N–C) groups is 1. The van der Waals surface area contributed by atoms with Crippen LogP contribution in [0.2, 0.25) is 0 Å². The van der Waals surface area contributed by atoms with Crippen molar-refractivity contribution in [3.63, 3.8) is 0 Å². The van der Waals surface area contributed by atoms with E-state index in [4.69, 9.17) is 4.74 Å². The van der Waals surface area contributed by atoms with Crippen LogP contribution in [0.1, 0.15) is 22.2 Å². The minimum absolute atomic E-state index is 0.413. The van der Waals surface area contributed by atoms with Crippen LogP contribution in [-0.2, 0) is 17.9 Å². The van der Waals surface area contributed by atoms with Gasteiger partial charge in [0.25, 0.3) is 0 Å². The molecule has 0 saturated heterocycles. The predicted molar refractivity (Wildman–Crippen MR) is 103 cm³/mol. The van der Waals surface area contributed by atoms with Gasteiger partial charge in [-0.2, -0.15) is 0 Å². The molecule has 2 aromatic rings. The van der Waals surface area contributed by atoms with Crippen molar-refractivity contribution in [2.45, 2.75) is 27.0 Å². The van der Waals surface area contributed by atoms with E-state index < -0.39 is 0 Å². The first-order valence-corrected chi connectivity index (χ1v) is 9.10. The Labute approximate surface area is 149 Å². The van der Waals surface area contributed by atoms with Crippen LogP contribution in [0.3, 0.4) is 0 Å². The molecule has 0 radical (unpaired) electrons. The van der Waals surface area contributed by atoms with Crippen molar-refractivity contribution >= 4 is 17.3 Å². The Morgan fingerprint density at radius 1 is 1.17 bits per heavy atom. The number of hydrogen-bond acceptors (Lipinski definition) is 3. The fourth-order valence-electron chi connectivity index (χ4n) is 2.25. The van der Waals surface area contributed by atoms with Crippen molar-refractivity contribution in [1.29, 1.82) is 0 Å². The van der Waals surface area contributed by atoms with Crippen molar-refractivity contribution in [1.82, 2.24) is 10.6 Å². The van der Waals surface area contributed by atoms with Gasteiger partial charge in [-0.1, -0.05) is 37.3 Å². The molecule has 1 aromatic carbocycles. The maximum atomic E-state index is 5.78. The standard InChI is InChI=1S/C19H27N3OS/c1-15(13-23-14-17-7-5-4-6-8-17)11-21-19(20-3)22-12-18-10-9-16(2)24-18/h4-10,15H,11-14H2,1-3H3,(H2,20,21,22). The Kier molecular flexibility index (Phi) is 7.79. The van der Waals surface area contributed by atoms with Crippen molar-refractivity contribution in [2.24, 2.45) is 10.9 Å². The number of benzene rings is 1. The quantitative estimate of drug-likeness (QED) is 0.568. The highest BCUT2D eigenvalue weighted by Crippen LogP contribution is 2.14. The van der Waals surface area contributed by atoms with Gasteiger partial charge in [0.05, 0.1) is 19.8 Å². The van der Waals surface area contributed by atoms with Crippen molar-refractivity contribution in [3.8, 4) is 0 Å². The van der Waals surface area contributed by atoms with Crippen LogP contribution in [0.4, 0.5) is 0 Å². The molecule has 2 rings (SSSR count). The van der Waals surface area contributed by atoms with Gasteiger partial charge in [0, 0.05) is 23.3 Å². The molecule has 1 atom stereocenters. The van der Waals surface area contributed by atoms with Crippen LogP contribution in [-0.4, -0.2) is 26.2 Å². The van der Waals surface area contributed by atoms with Gasteiger partial charge in [-0.3, -0.25) is 4.99 Å². The molecule has 0 amide bonds. The Hall–Kier alpha value is -1.85. The number of nitrogens with one attached hydrogen (secondary N) is 2. The highest BCUT2D eigenvalue weighted by atomic mass is 32.1. The van der Waals surface area contributed by atoms with Crippen LogP contribution in [0.15, 0.2) is 47.5 Å². The number of guanidine groups is 1. The van der Waals surface area contributed by atoms with E-state index >= 15 is 0 Å². The summed E-state index contributed by atoms with van der Waals surface area (Å²) < 4.78 is 5.78. The first-order valence-electron chi connectivity index (χ1n) is 8.29. The van der Waals surface area contributed by atoms with E-state index in [1.165, 1.54) is 15.3 Å². The average molecular weight is 346 g/mol. The van der Waals surface area contributed by atoms with E-state index in [1.54, 1.807) is 7.05 Å². The Morgan fingerprint density at radius 3 is 2.62 bits per heavy atom. The third-order valence-corrected chi connectivity index (χ3v) is 4.58. The zero-order valence-corrected chi connectivity index (χ0v) is 15.5. The number of nitrogens with zero attached hydrogens (tertiary/aromatic N) is 1. The summed E-state index contributed by atoms with van der Waals surface area (Å²) in [6.07, 6.45) is 0. The second-order valence-corrected chi connectivity index (χ2v) is 7.30. The smallest absolute Gasteiger partial charge is 0.191 e. The fourth-order valence-corrected chi connectivity index (χ4v) is 3.08. The van der Waals surface area contributed by atoms with Gasteiger partial charge in [-0.15, -0.1) is 11.3 Å². The highest BCUT2D eigenvalue weighted by Gasteiger charge is 2.05. The molecular weight excluding hydrogens is 318 g/mol. The van der Waals surface area contributed by atoms with E-state index in [9.17, 15) is 0 Å². The molecule has 0 aliphatic heterocycles. The zero-order valence-electron chi connectivity index (χ0n) is 14.7. The molecule has 24 heavy (non-hydrogen) atoms. The summed E-state index contributed by atoms with van der Waals surface area (Å²) in [6.45, 7) is 7.32. The SMILES string of the molecule is CN=C(NCc1ccc(C)s1)NCC(C)COCc1ccccc1. The molecule has 130 valence electrons. The lowest BCUT2D eigenvalue weighted by atomic mass is 10.2. The normalized spacial score (nSPS) is 12.9. The molecule has 4 nitrogen and oxygen atoms in total. The van der Waals surface area contributed by atoms with Crippen LogP contribution in [0, 0.1) is 12.8 Å². The van der Waals surface area contributed by atoms with E-state index in [0.717, 1.165) is 25.7 Å². The topological polar surface area (TPSA) is 45.7 Å². The lowest BCUT2D eigenvalue weighted by molar-refractivity contribution is 0.0931. The summed E-state index contributed by atoms with van der Waals surface area (Å²) in [6, 6.07) is 14.6. The van der Waals surface area contributed by atoms with Gasteiger partial charge in [0.15, 0.2) is 5.96 Å². The van der Waals surface area contributed by atoms with E-state index in [0.29, 0.717) is 12.5 Å². The van der Waals surface area contributed by atoms with Gasteiger partial charge >= 0.3 is 0 Å². The van der Waals surface area contributed by atoms with Gasteiger partial charge < -0.3 is 15.4 Å². The molecule has 0 spiro atoms. The van der Waals surface area contributed by atoms with Crippen LogP contribution in [0.5, 0.6) is 0 Å². The minimum Gasteiger partial charge on any atom is -0.376 e. The first-order chi connectivity index (χ1) is 11.7. The third kappa shape index (κ3) is 6.72. The number of ether oxygens (including phenoxy) is 1. The van der Waals surface area contributed by atoms with Crippen LogP contribution < -0.4 is 10.6 Å². The van der Waals surface area contributed by atoms with E-state index in [1.807, 2.05) is 29.5 Å². The third-order valence-electron chi connectivity index (χ3n) is 3.58. The summed E-state index contributed by atoms with van der Waals surface area (Å²) in [5.41, 5.74) is 1.21. The summed E-state index contributed by atoms with van der Waals surface area (Å²) >= 11 is 1.81. The molecule has 0 bridgehead atoms. The summed E-state index contributed by atoms with van der Waals surface area (Å²) in [4.78, 5) is 6.91. The summed E-state index contributed by atoms with van der Waals surface area (Å²) in [5.74, 6) is 1.24. The Morgan fingerprint density at radius 2 is 1.96 bits per heavy atom. The zero-order chi connectivity index (χ0) is 17.2. The largest absolute Gasteiger partial charge is 0.376 e. The molecular formula is C19H27N3OS. The maximum Gasteiger partial charge on any atom is 0.191 e. The van der Waals surface area contributed by atoms with Crippen LogP contribution in [0.25, 0.3) is 0 Å². The highest BCUT2D eigenvalue weighted by molar-refractivity contribution is 7.11. The molecule has 2 N–H and O–H groups in total. The van der Waals surface area contributed by atoms with E-state index in [-0.39, 0.29) is 0 Å². The number of aryl methyl sites for hydroxylation is 1. The molecule has 0 aliphatic rings. The van der Waals surface area contributed by atoms with Crippen molar-refractivity contribution < 1.29 is 4.74 Å². The van der Waals surface area contributed by atoms with Crippen molar-refractivity contribution in [3.05, 3.63) is 57.8 Å². The monoisotopic (exact) mass is 345 g/mol. The van der Waals surface area contributed by atoms with Gasteiger partial charge in [-0.25, -0.2) is 0 Å². The Balaban J connectivity index is 1.63. The van der Waals surface area contributed by atoms with Gasteiger partial charge in [-0.05, 0) is 30.5 Å². The second kappa shape index (κ2) is 10.1. The van der Waals surface area contributed by atoms with Crippen molar-refractivity contribution in [2.75, 3.05) is 20.2 Å². The molecule has 0 fully saturated rings. The maximum absolute atomic E-state index is 5.78. The van der Waals surface area contributed by atoms with Gasteiger partial charge in [0.2, 0.25) is 0 Å². The van der Waals surface area contributed by atoms with Crippen LogP contribution >= 0.6 is 11.3 Å². The fraction of sp³-hybridized carbons (Fsp3) is 0.421. The number of thiophene rings is 1. The summed E-state index contributed by atoms with van der Waals surface area (Å²) in [7, 11) is 1.80.